The molecule has 0 aliphatic heterocycles. The Bertz CT molecular complexity index is 566. The maximum Gasteiger partial charge on any atom is 0.256 e. The third kappa shape index (κ3) is 3.37. The van der Waals surface area contributed by atoms with Gasteiger partial charge in [-0.15, -0.1) is 0 Å². The molecule has 2 N–H and O–H groups in total. The van der Waals surface area contributed by atoms with Gasteiger partial charge in [0, 0.05) is 11.1 Å². The van der Waals surface area contributed by atoms with Gasteiger partial charge in [0.05, 0.1) is 10.9 Å². The number of benzene rings is 1. The number of oxazole rings is 1. The average molecular weight is 311 g/mol. The molecule has 2 unspecified atom stereocenters. The Morgan fingerprint density at radius 3 is 2.60 bits per heavy atom. The quantitative estimate of drug-likeness (QED) is 0.825. The van der Waals surface area contributed by atoms with Gasteiger partial charge in [-0.1, -0.05) is 48.5 Å². The van der Waals surface area contributed by atoms with Crippen molar-refractivity contribution in [1.82, 2.24) is 4.98 Å². The summed E-state index contributed by atoms with van der Waals surface area (Å²) in [5, 5.41) is 1.41. The van der Waals surface area contributed by atoms with E-state index < -0.39 is 0 Å². The predicted molar refractivity (Wildman–Crippen MR) is 84.3 cm³/mol. The van der Waals surface area contributed by atoms with Gasteiger partial charge >= 0.3 is 0 Å². The predicted octanol–water partition coefficient (Wildman–Crippen LogP) is 4.52. The molecule has 1 heterocycles. The molecule has 20 heavy (non-hydrogen) atoms. The summed E-state index contributed by atoms with van der Waals surface area (Å²) in [6.45, 7) is 5.92. The van der Waals surface area contributed by atoms with Crippen molar-refractivity contribution >= 4 is 23.4 Å². The highest BCUT2D eigenvalue weighted by atomic mass is 35.5. The van der Waals surface area contributed by atoms with Crippen molar-refractivity contribution in [3.8, 4) is 0 Å². The molecule has 2 atom stereocenters. The van der Waals surface area contributed by atoms with Crippen LogP contribution in [0, 0.1) is 13.8 Å². The van der Waals surface area contributed by atoms with Crippen LogP contribution >= 0.6 is 23.4 Å². The van der Waals surface area contributed by atoms with E-state index in [0.717, 1.165) is 28.5 Å². The van der Waals surface area contributed by atoms with Crippen molar-refractivity contribution in [3.63, 3.8) is 0 Å². The molecule has 0 saturated heterocycles. The van der Waals surface area contributed by atoms with Gasteiger partial charge in [0.25, 0.3) is 5.22 Å². The van der Waals surface area contributed by atoms with Crippen molar-refractivity contribution in [2.75, 3.05) is 0 Å². The zero-order valence-corrected chi connectivity index (χ0v) is 13.5. The summed E-state index contributed by atoms with van der Waals surface area (Å²) in [4.78, 5) is 4.42. The maximum atomic E-state index is 6.30. The topological polar surface area (TPSA) is 52.0 Å². The summed E-state index contributed by atoms with van der Waals surface area (Å²) < 4.78 is 5.65. The van der Waals surface area contributed by atoms with Gasteiger partial charge in [0.15, 0.2) is 0 Å². The number of thioether (sulfide) groups is 1. The number of aryl methyl sites for hydroxylation is 2. The van der Waals surface area contributed by atoms with Gasteiger partial charge in [-0.3, -0.25) is 0 Å². The van der Waals surface area contributed by atoms with Crippen LogP contribution in [-0.2, 0) is 0 Å². The molecule has 1 aromatic carbocycles. The lowest BCUT2D eigenvalue weighted by atomic mass is 10.0. The number of nitrogens with two attached hydrogens (primary N) is 1. The van der Waals surface area contributed by atoms with Gasteiger partial charge in [0.2, 0.25) is 0 Å². The fourth-order valence-electron chi connectivity index (χ4n) is 1.90. The highest BCUT2D eigenvalue weighted by Crippen LogP contribution is 2.40. The lowest BCUT2D eigenvalue weighted by Gasteiger charge is -2.22. The van der Waals surface area contributed by atoms with E-state index in [4.69, 9.17) is 21.8 Å². The lowest BCUT2D eigenvalue weighted by Crippen LogP contribution is -2.25. The third-order valence-corrected chi connectivity index (χ3v) is 4.89. The molecule has 2 rings (SSSR count). The first kappa shape index (κ1) is 15.4. The molecule has 5 heteroatoms. The lowest BCUT2D eigenvalue weighted by molar-refractivity contribution is 0.429. The number of halogens is 1. The third-order valence-electron chi connectivity index (χ3n) is 3.31. The summed E-state index contributed by atoms with van der Waals surface area (Å²) in [7, 11) is 0. The molecule has 3 nitrogen and oxygen atoms in total. The van der Waals surface area contributed by atoms with E-state index in [1.165, 1.54) is 11.8 Å². The van der Waals surface area contributed by atoms with Crippen LogP contribution in [-0.4, -0.2) is 11.0 Å². The zero-order valence-electron chi connectivity index (χ0n) is 11.9. The maximum absolute atomic E-state index is 6.30. The first-order chi connectivity index (χ1) is 9.52. The van der Waals surface area contributed by atoms with Gasteiger partial charge in [0.1, 0.15) is 5.76 Å². The highest BCUT2D eigenvalue weighted by molar-refractivity contribution is 7.99. The molecule has 0 spiro atoms. The number of aromatic nitrogens is 1. The van der Waals surface area contributed by atoms with Crippen LogP contribution in [0.3, 0.4) is 0 Å². The number of rotatable bonds is 5. The van der Waals surface area contributed by atoms with Crippen molar-refractivity contribution in [2.24, 2.45) is 5.73 Å². The fraction of sp³-hybridized carbons (Fsp3) is 0.400. The molecule has 0 aliphatic carbocycles. The van der Waals surface area contributed by atoms with Crippen molar-refractivity contribution in [2.45, 2.75) is 43.7 Å². The normalized spacial score (nSPS) is 14.2. The number of hydrogen-bond donors (Lipinski definition) is 1. The summed E-state index contributed by atoms with van der Waals surface area (Å²) in [6.07, 6.45) is 0.863. The number of nitrogens with zero attached hydrogens (tertiary/aromatic N) is 1. The Morgan fingerprint density at radius 1 is 1.35 bits per heavy atom. The van der Waals surface area contributed by atoms with E-state index in [1.807, 2.05) is 38.1 Å². The van der Waals surface area contributed by atoms with E-state index in [0.29, 0.717) is 5.22 Å². The number of hydrogen-bond acceptors (Lipinski definition) is 4. The van der Waals surface area contributed by atoms with Crippen LogP contribution in [0.1, 0.15) is 35.6 Å². The van der Waals surface area contributed by atoms with Gasteiger partial charge in [-0.05, 0) is 31.9 Å². The summed E-state index contributed by atoms with van der Waals surface area (Å²) >= 11 is 7.84. The minimum atomic E-state index is -0.00703. The highest BCUT2D eigenvalue weighted by Gasteiger charge is 2.24. The van der Waals surface area contributed by atoms with Crippen LogP contribution < -0.4 is 5.73 Å². The Hall–Kier alpha value is -0.970. The zero-order chi connectivity index (χ0) is 14.7. The van der Waals surface area contributed by atoms with Crippen LogP contribution in [0.4, 0.5) is 0 Å². The minimum absolute atomic E-state index is 0.00703. The second-order valence-electron chi connectivity index (χ2n) is 4.75. The van der Waals surface area contributed by atoms with Crippen LogP contribution in [0.25, 0.3) is 0 Å². The van der Waals surface area contributed by atoms with E-state index in [-0.39, 0.29) is 11.3 Å². The standard InChI is InChI=1S/C15H19ClN2OS/c1-4-13(17)14(11-7-5-6-8-12(11)16)20-15-18-9(2)10(3)19-15/h5-8,13-14H,4,17H2,1-3H3. The molecular weight excluding hydrogens is 292 g/mol. The van der Waals surface area contributed by atoms with E-state index >= 15 is 0 Å². The fourth-order valence-corrected chi connectivity index (χ4v) is 3.50. The molecule has 1 aromatic heterocycles. The first-order valence-electron chi connectivity index (χ1n) is 6.63. The Kier molecular flexibility index (Phi) is 5.13. The largest absolute Gasteiger partial charge is 0.437 e. The summed E-state index contributed by atoms with van der Waals surface area (Å²) in [6, 6.07) is 7.79. The van der Waals surface area contributed by atoms with Gasteiger partial charge < -0.3 is 10.2 Å². The monoisotopic (exact) mass is 310 g/mol. The van der Waals surface area contributed by atoms with E-state index in [2.05, 4.69) is 11.9 Å². The van der Waals surface area contributed by atoms with E-state index in [1.54, 1.807) is 0 Å². The Balaban J connectivity index is 2.31. The van der Waals surface area contributed by atoms with Crippen LogP contribution in [0.2, 0.25) is 5.02 Å². The smallest absolute Gasteiger partial charge is 0.256 e. The summed E-state index contributed by atoms with van der Waals surface area (Å²) in [5.74, 6) is 0.843. The van der Waals surface area contributed by atoms with Crippen LogP contribution in [0.5, 0.6) is 0 Å². The molecule has 0 saturated carbocycles. The molecule has 0 amide bonds. The molecule has 0 radical (unpaired) electrons. The molecule has 0 fully saturated rings. The van der Waals surface area contributed by atoms with Crippen LogP contribution in [0.15, 0.2) is 33.9 Å². The van der Waals surface area contributed by atoms with Crippen molar-refractivity contribution in [3.05, 3.63) is 46.3 Å². The second kappa shape index (κ2) is 6.66. The molecule has 0 aliphatic rings. The minimum Gasteiger partial charge on any atom is -0.437 e. The van der Waals surface area contributed by atoms with E-state index in [9.17, 15) is 0 Å². The summed E-state index contributed by atoms with van der Waals surface area (Å²) in [5.41, 5.74) is 8.20. The average Bonchev–Trinajstić information content (AvgIpc) is 2.75. The van der Waals surface area contributed by atoms with Crippen molar-refractivity contribution in [1.29, 1.82) is 0 Å². The second-order valence-corrected chi connectivity index (χ2v) is 6.25. The van der Waals surface area contributed by atoms with Gasteiger partial charge in [-0.2, -0.15) is 0 Å². The molecule has 0 bridgehead atoms. The van der Waals surface area contributed by atoms with Gasteiger partial charge in [-0.25, -0.2) is 4.98 Å². The molecule has 108 valence electrons. The Morgan fingerprint density at radius 2 is 2.05 bits per heavy atom. The molecular formula is C15H19ClN2OS. The Labute approximate surface area is 128 Å². The van der Waals surface area contributed by atoms with Crippen molar-refractivity contribution < 1.29 is 4.42 Å². The SMILES string of the molecule is CCC(N)C(Sc1nc(C)c(C)o1)c1ccccc1Cl. The first-order valence-corrected chi connectivity index (χ1v) is 7.89. The molecule has 2 aromatic rings.